The Bertz CT molecular complexity index is 1160. The monoisotopic (exact) mass is 552 g/mol. The van der Waals surface area contributed by atoms with E-state index in [1.54, 1.807) is 42.5 Å². The number of allylic oxidation sites excluding steroid dienone is 1. The van der Waals surface area contributed by atoms with Gasteiger partial charge >= 0.3 is 5.97 Å². The maximum absolute atomic E-state index is 12.5. The number of rotatable bonds is 14. The summed E-state index contributed by atoms with van der Waals surface area (Å²) in [6.45, 7) is 5.46. The van der Waals surface area contributed by atoms with Gasteiger partial charge in [0.1, 0.15) is 6.54 Å². The van der Waals surface area contributed by atoms with E-state index >= 15 is 0 Å². The molecule has 0 fully saturated rings. The van der Waals surface area contributed by atoms with E-state index in [9.17, 15) is 19.2 Å². The van der Waals surface area contributed by atoms with Crippen LogP contribution in [-0.2, 0) is 14.3 Å². The number of unbranched alkanes of at least 4 members (excludes halogenated alkanes) is 2. The lowest BCUT2D eigenvalue weighted by Gasteiger charge is -2.23. The van der Waals surface area contributed by atoms with Crippen LogP contribution in [0.1, 0.15) is 84.7 Å². The van der Waals surface area contributed by atoms with Gasteiger partial charge in [-0.05, 0) is 69.8 Å². The molecule has 0 aliphatic heterocycles. The third kappa shape index (κ3) is 10.6. The van der Waals surface area contributed by atoms with Gasteiger partial charge < -0.3 is 26.4 Å². The highest BCUT2D eigenvalue weighted by molar-refractivity contribution is 6.19. The van der Waals surface area contributed by atoms with Crippen LogP contribution >= 0.6 is 0 Å². The Balaban J connectivity index is 0.00000254. The lowest BCUT2D eigenvalue weighted by Crippen LogP contribution is -2.30. The predicted molar refractivity (Wildman–Crippen MR) is 161 cm³/mol. The summed E-state index contributed by atoms with van der Waals surface area (Å²) in [5.74, 6) is -1.10. The number of ketones is 1. The molecule has 5 N–H and O–H groups in total. The summed E-state index contributed by atoms with van der Waals surface area (Å²) in [6, 6.07) is 11.7. The maximum atomic E-state index is 12.5. The molecule has 1 unspecified atom stereocenters. The highest BCUT2D eigenvalue weighted by Crippen LogP contribution is 2.29. The molecule has 0 radical (unpaired) electrons. The Morgan fingerprint density at radius 1 is 0.975 bits per heavy atom. The van der Waals surface area contributed by atoms with Crippen LogP contribution in [0.15, 0.2) is 42.5 Å². The number of ether oxygens (including phenoxy) is 1. The van der Waals surface area contributed by atoms with Gasteiger partial charge in [-0.1, -0.05) is 45.2 Å². The summed E-state index contributed by atoms with van der Waals surface area (Å²) in [5.41, 5.74) is 9.50. The van der Waals surface area contributed by atoms with Crippen molar-refractivity contribution >= 4 is 40.9 Å². The van der Waals surface area contributed by atoms with Crippen LogP contribution in [0.3, 0.4) is 0 Å². The zero-order chi connectivity index (χ0) is 30.1. The van der Waals surface area contributed by atoms with Crippen molar-refractivity contribution in [3.8, 4) is 0 Å². The fraction of sp³-hybridized carbons (Fsp3) is 0.419. The number of carbonyl (C=O) groups excluding carboxylic acids is 4. The molecule has 0 spiro atoms. The first-order valence-corrected chi connectivity index (χ1v) is 13.6. The van der Waals surface area contributed by atoms with Gasteiger partial charge in [0.25, 0.3) is 5.91 Å². The molecule has 0 heterocycles. The zero-order valence-electron chi connectivity index (χ0n) is 24.6. The lowest BCUT2D eigenvalue weighted by atomic mass is 9.94. The molecule has 2 aromatic rings. The van der Waals surface area contributed by atoms with E-state index in [2.05, 4.69) is 34.5 Å². The van der Waals surface area contributed by atoms with E-state index in [1.807, 2.05) is 14.1 Å². The van der Waals surface area contributed by atoms with Gasteiger partial charge in [0.15, 0.2) is 12.1 Å². The van der Waals surface area contributed by atoms with Crippen molar-refractivity contribution in [3.63, 3.8) is 0 Å². The molecule has 0 aliphatic carbocycles. The molecule has 0 saturated heterocycles. The van der Waals surface area contributed by atoms with Crippen molar-refractivity contribution < 1.29 is 23.9 Å². The average Bonchev–Trinajstić information content (AvgIpc) is 2.95. The Morgan fingerprint density at radius 2 is 1.57 bits per heavy atom. The molecule has 218 valence electrons. The summed E-state index contributed by atoms with van der Waals surface area (Å²) < 4.78 is 4.55. The quantitative estimate of drug-likeness (QED) is 0.0519. The molecule has 1 atom stereocenters. The van der Waals surface area contributed by atoms with Crippen molar-refractivity contribution in [1.82, 2.24) is 16.0 Å². The van der Waals surface area contributed by atoms with E-state index in [0.717, 1.165) is 38.4 Å². The summed E-state index contributed by atoms with van der Waals surface area (Å²) >= 11 is 0. The van der Waals surface area contributed by atoms with Crippen LogP contribution in [0.2, 0.25) is 0 Å². The first-order valence-electron chi connectivity index (χ1n) is 13.6. The van der Waals surface area contributed by atoms with Gasteiger partial charge in [0.05, 0.1) is 12.8 Å². The number of methoxy groups -OCH3 is 1. The van der Waals surface area contributed by atoms with E-state index in [4.69, 9.17) is 5.73 Å². The first-order chi connectivity index (χ1) is 19.2. The highest BCUT2D eigenvalue weighted by atomic mass is 16.5. The third-order valence-corrected chi connectivity index (χ3v) is 6.19. The summed E-state index contributed by atoms with van der Waals surface area (Å²) in [4.78, 5) is 48.3. The summed E-state index contributed by atoms with van der Waals surface area (Å²) in [5, 5.41) is 8.80. The van der Waals surface area contributed by atoms with Crippen molar-refractivity contribution in [3.05, 3.63) is 64.7 Å². The SMILES string of the molecule is CCCCCC(CC)N/C(=C(\C=O)c1cc(C(C)=O)ccc1N)c1ccc(C(=O)NCC(=O)OC)cc1.CNC. The van der Waals surface area contributed by atoms with Crippen LogP contribution in [0.4, 0.5) is 5.69 Å². The number of hydrogen-bond acceptors (Lipinski definition) is 8. The molecule has 9 nitrogen and oxygen atoms in total. The van der Waals surface area contributed by atoms with E-state index < -0.39 is 11.9 Å². The van der Waals surface area contributed by atoms with E-state index in [-0.39, 0.29) is 18.4 Å². The number of nitrogens with two attached hydrogens (primary N) is 1. The van der Waals surface area contributed by atoms with Crippen LogP contribution in [-0.4, -0.2) is 57.7 Å². The standard InChI is InChI=1S/C29H37N3O5.C2H7N/c1-5-7-8-9-23(6-2)32-28(25(18-33)24-16-22(19(3)34)14-15-26(24)30)20-10-12-21(13-11-20)29(36)31-17-27(35)37-4;1-3-2/h10-16,18,23,32H,5-9,17,30H2,1-4H3,(H,31,36);3H,1-2H3/b28-25+;. The molecule has 0 aliphatic rings. The number of anilines is 1. The number of esters is 1. The molecule has 0 saturated carbocycles. The molecular formula is C31H44N4O5. The van der Waals surface area contributed by atoms with Crippen LogP contribution in [0.5, 0.6) is 0 Å². The Hall–Kier alpha value is -3.98. The number of Topliss-reactive ketones (excluding diaryl/α,β-unsaturated/α-hetero) is 1. The van der Waals surface area contributed by atoms with Crippen molar-refractivity contribution in [2.24, 2.45) is 0 Å². The topological polar surface area (TPSA) is 140 Å². The molecule has 2 rings (SSSR count). The molecule has 2 aromatic carbocycles. The highest BCUT2D eigenvalue weighted by Gasteiger charge is 2.19. The van der Waals surface area contributed by atoms with Gasteiger partial charge in [-0.25, -0.2) is 0 Å². The fourth-order valence-corrected chi connectivity index (χ4v) is 3.92. The smallest absolute Gasteiger partial charge is 0.325 e. The molecule has 1 amide bonds. The van der Waals surface area contributed by atoms with Crippen LogP contribution in [0.25, 0.3) is 11.3 Å². The molecule has 9 heteroatoms. The van der Waals surface area contributed by atoms with Gasteiger partial charge in [0, 0.05) is 34.0 Å². The van der Waals surface area contributed by atoms with Gasteiger partial charge in [-0.2, -0.15) is 0 Å². The number of nitrogens with one attached hydrogen (secondary N) is 3. The third-order valence-electron chi connectivity index (χ3n) is 6.19. The molecule has 40 heavy (non-hydrogen) atoms. The van der Waals surface area contributed by atoms with E-state index in [0.29, 0.717) is 39.2 Å². The Kier molecular flexibility index (Phi) is 15.6. The minimum Gasteiger partial charge on any atom is -0.468 e. The van der Waals surface area contributed by atoms with Crippen molar-refractivity contribution in [1.29, 1.82) is 0 Å². The number of amides is 1. The molecule has 0 bridgehead atoms. The average molecular weight is 553 g/mol. The van der Waals surface area contributed by atoms with Crippen molar-refractivity contribution in [2.75, 3.05) is 33.5 Å². The largest absolute Gasteiger partial charge is 0.468 e. The Morgan fingerprint density at radius 3 is 2.10 bits per heavy atom. The summed E-state index contributed by atoms with van der Waals surface area (Å²) in [7, 11) is 5.00. The second kappa shape index (κ2) is 18.3. The number of carbonyl (C=O) groups is 4. The zero-order valence-corrected chi connectivity index (χ0v) is 24.6. The minimum absolute atomic E-state index is 0.108. The number of benzene rings is 2. The van der Waals surface area contributed by atoms with Crippen LogP contribution in [0, 0.1) is 0 Å². The normalized spacial score (nSPS) is 11.8. The van der Waals surface area contributed by atoms with E-state index in [1.165, 1.54) is 14.0 Å². The lowest BCUT2D eigenvalue weighted by molar-refractivity contribution is -0.139. The van der Waals surface area contributed by atoms with Gasteiger partial charge in [-0.15, -0.1) is 0 Å². The Labute approximate surface area is 237 Å². The fourth-order valence-electron chi connectivity index (χ4n) is 3.92. The predicted octanol–water partition coefficient (Wildman–Crippen LogP) is 4.23. The second-order valence-electron chi connectivity index (χ2n) is 9.35. The molecule has 0 aromatic heterocycles. The first kappa shape index (κ1) is 34.0. The number of aldehydes is 1. The minimum atomic E-state index is -0.547. The van der Waals surface area contributed by atoms with Gasteiger partial charge in [-0.3, -0.25) is 19.2 Å². The van der Waals surface area contributed by atoms with Gasteiger partial charge in [0.2, 0.25) is 0 Å². The van der Waals surface area contributed by atoms with Crippen molar-refractivity contribution in [2.45, 2.75) is 58.9 Å². The summed E-state index contributed by atoms with van der Waals surface area (Å²) in [6.07, 6.45) is 5.78. The second-order valence-corrected chi connectivity index (χ2v) is 9.35. The number of nitrogen functional groups attached to an aromatic ring is 1. The van der Waals surface area contributed by atoms with Crippen LogP contribution < -0.4 is 21.7 Å². The molecular weight excluding hydrogens is 508 g/mol. The number of hydrogen-bond donors (Lipinski definition) is 4. The maximum Gasteiger partial charge on any atom is 0.325 e.